The van der Waals surface area contributed by atoms with Gasteiger partial charge in [0.15, 0.2) is 0 Å². The molecule has 1 aliphatic carbocycles. The first kappa shape index (κ1) is 25.6. The highest BCUT2D eigenvalue weighted by atomic mass is 35.5. The Kier molecular flexibility index (Phi) is 10.3. The quantitative estimate of drug-likeness (QED) is 0.293. The van der Waals surface area contributed by atoms with Crippen LogP contribution in [0.2, 0.25) is 0 Å². The third-order valence-corrected chi connectivity index (χ3v) is 5.75. The molecule has 2 rings (SSSR count). The van der Waals surface area contributed by atoms with E-state index in [2.05, 4.69) is 0 Å². The van der Waals surface area contributed by atoms with E-state index in [1.165, 1.54) is 6.07 Å². The van der Waals surface area contributed by atoms with Crippen molar-refractivity contribution in [1.29, 1.82) is 0 Å². The number of ether oxygens (including phenoxy) is 2. The van der Waals surface area contributed by atoms with E-state index < -0.39 is 17.8 Å². The molecular weight excluding hydrogens is 437 g/mol. The molecule has 1 fully saturated rings. The maximum absolute atomic E-state index is 12.8. The summed E-state index contributed by atoms with van der Waals surface area (Å²) in [6.45, 7) is -0.0240. The molecule has 0 bridgehead atoms. The van der Waals surface area contributed by atoms with E-state index in [1.807, 2.05) is 12.2 Å². The van der Waals surface area contributed by atoms with Gasteiger partial charge in [0.25, 0.3) is 0 Å². The average molecular weight is 465 g/mol. The van der Waals surface area contributed by atoms with Crippen LogP contribution in [0, 0.1) is 11.8 Å². The third kappa shape index (κ3) is 8.44. The van der Waals surface area contributed by atoms with Gasteiger partial charge in [0.05, 0.1) is 31.5 Å². The fraction of sp³-hybridized carbons (Fsp3) is 0.591. The summed E-state index contributed by atoms with van der Waals surface area (Å²) in [6.07, 6.45) is 0.402. The normalized spacial score (nSPS) is 24.1. The van der Waals surface area contributed by atoms with Gasteiger partial charge in [-0.15, -0.1) is 11.6 Å². The number of allylic oxidation sites excluding steroid dienone is 2. The topological polar surface area (TPSA) is 76.0 Å². The Morgan fingerprint density at radius 1 is 1.26 bits per heavy atom. The lowest BCUT2D eigenvalue weighted by molar-refractivity contribution is -0.144. The van der Waals surface area contributed by atoms with Crippen LogP contribution in [0.3, 0.4) is 0 Å². The van der Waals surface area contributed by atoms with Gasteiger partial charge in [0.2, 0.25) is 0 Å². The Hall–Kier alpha value is -1.61. The van der Waals surface area contributed by atoms with Gasteiger partial charge in [0, 0.05) is 17.7 Å². The van der Waals surface area contributed by atoms with Gasteiger partial charge in [-0.2, -0.15) is 13.2 Å². The highest BCUT2D eigenvalue weighted by Crippen LogP contribution is 2.39. The minimum atomic E-state index is -4.41. The van der Waals surface area contributed by atoms with Crippen molar-refractivity contribution >= 4 is 17.6 Å². The summed E-state index contributed by atoms with van der Waals surface area (Å²) in [5.74, 6) is -0.658. The lowest BCUT2D eigenvalue weighted by Gasteiger charge is -2.22. The van der Waals surface area contributed by atoms with E-state index in [0.29, 0.717) is 24.8 Å². The van der Waals surface area contributed by atoms with Crippen LogP contribution in [0.1, 0.15) is 36.8 Å². The molecule has 0 saturated heterocycles. The molecule has 0 spiro atoms. The summed E-state index contributed by atoms with van der Waals surface area (Å²) in [5.41, 5.74) is -0.312. The third-order valence-electron chi connectivity index (χ3n) is 5.25. The van der Waals surface area contributed by atoms with Crippen LogP contribution in [0.25, 0.3) is 0 Å². The van der Waals surface area contributed by atoms with E-state index in [1.54, 1.807) is 6.07 Å². The summed E-state index contributed by atoms with van der Waals surface area (Å²) < 4.78 is 48.9. The second-order valence-electron chi connectivity index (χ2n) is 7.55. The van der Waals surface area contributed by atoms with Crippen LogP contribution < -0.4 is 0 Å². The van der Waals surface area contributed by atoms with Crippen LogP contribution in [-0.2, 0) is 27.1 Å². The molecule has 2 N–H and O–H groups in total. The van der Waals surface area contributed by atoms with Gasteiger partial charge in [0.1, 0.15) is 6.61 Å². The molecule has 0 aromatic heterocycles. The smallest absolute Gasteiger partial charge is 0.416 e. The van der Waals surface area contributed by atoms with Crippen molar-refractivity contribution in [1.82, 2.24) is 0 Å². The Balaban J connectivity index is 1.81. The molecule has 0 radical (unpaired) electrons. The van der Waals surface area contributed by atoms with Gasteiger partial charge in [-0.25, -0.2) is 0 Å². The minimum Gasteiger partial charge on any atom is -0.463 e. The molecule has 1 aromatic rings. The van der Waals surface area contributed by atoms with Crippen molar-refractivity contribution in [2.75, 3.05) is 19.8 Å². The zero-order valence-corrected chi connectivity index (χ0v) is 17.8. The summed E-state index contributed by atoms with van der Waals surface area (Å²) in [5, 5.41) is 18.7. The predicted molar refractivity (Wildman–Crippen MR) is 109 cm³/mol. The monoisotopic (exact) mass is 464 g/mol. The van der Waals surface area contributed by atoms with E-state index >= 15 is 0 Å². The lowest BCUT2D eigenvalue weighted by atomic mass is 9.92. The van der Waals surface area contributed by atoms with E-state index in [0.717, 1.165) is 12.1 Å². The molecule has 1 aromatic carbocycles. The number of aliphatic hydroxyl groups is 2. The first-order valence-corrected chi connectivity index (χ1v) is 10.6. The predicted octanol–water partition coefficient (Wildman–Crippen LogP) is 4.09. The molecule has 1 aliphatic rings. The van der Waals surface area contributed by atoms with Crippen LogP contribution in [-0.4, -0.2) is 47.5 Å². The summed E-state index contributed by atoms with van der Waals surface area (Å²) in [4.78, 5) is 11.4. The molecule has 5 nitrogen and oxygen atoms in total. The number of carbonyl (C=O) groups excluding carboxylic acids is 1. The van der Waals surface area contributed by atoms with Crippen molar-refractivity contribution in [3.8, 4) is 0 Å². The van der Waals surface area contributed by atoms with Gasteiger partial charge in [-0.1, -0.05) is 24.3 Å². The number of benzene rings is 1. The number of esters is 1. The Bertz CT molecular complexity index is 725. The highest BCUT2D eigenvalue weighted by molar-refractivity contribution is 6.21. The van der Waals surface area contributed by atoms with Gasteiger partial charge < -0.3 is 19.7 Å². The lowest BCUT2D eigenvalue weighted by Crippen LogP contribution is -2.25. The molecule has 0 heterocycles. The first-order chi connectivity index (χ1) is 14.7. The van der Waals surface area contributed by atoms with Crippen LogP contribution in [0.15, 0.2) is 36.4 Å². The van der Waals surface area contributed by atoms with Gasteiger partial charge in [-0.3, -0.25) is 4.79 Å². The van der Waals surface area contributed by atoms with E-state index in [-0.39, 0.29) is 56.0 Å². The number of halogens is 4. The fourth-order valence-electron chi connectivity index (χ4n) is 3.65. The highest BCUT2D eigenvalue weighted by Gasteiger charge is 2.41. The second kappa shape index (κ2) is 12.4. The first-order valence-electron chi connectivity index (χ1n) is 10.2. The van der Waals surface area contributed by atoms with Crippen molar-refractivity contribution in [3.05, 3.63) is 47.5 Å². The van der Waals surface area contributed by atoms with Crippen molar-refractivity contribution in [2.24, 2.45) is 11.8 Å². The molecule has 0 amide bonds. The molecule has 31 heavy (non-hydrogen) atoms. The number of alkyl halides is 4. The molecule has 0 aliphatic heterocycles. The standard InChI is InChI=1S/C22H28ClF3O5/c23-19-12-20(28)18(17(19)7-2-1-3-8-21(29)31-10-9-27)14-30-13-15-5-4-6-16(11-15)22(24,25)26/h1-2,4-6,11,17-20,27-28H,3,7-10,12-14H2/b2-1+/t17-,18-,19-,20-/m1/s1. The van der Waals surface area contributed by atoms with Gasteiger partial charge >= 0.3 is 12.1 Å². The number of hydrogen-bond donors (Lipinski definition) is 2. The molecule has 9 heteroatoms. The Morgan fingerprint density at radius 3 is 2.74 bits per heavy atom. The van der Waals surface area contributed by atoms with Crippen LogP contribution in [0.4, 0.5) is 13.2 Å². The minimum absolute atomic E-state index is 0.0125. The summed E-state index contributed by atoms with van der Waals surface area (Å²) in [7, 11) is 0. The molecule has 4 atom stereocenters. The van der Waals surface area contributed by atoms with E-state index in [9.17, 15) is 23.1 Å². The zero-order valence-electron chi connectivity index (χ0n) is 17.1. The number of carbonyl (C=O) groups is 1. The SMILES string of the molecule is O=C(CC/C=C/C[C@@H]1[C@@H](COCc2cccc(C(F)(F)F)c2)[C@H](O)C[C@H]1Cl)OCCO. The van der Waals surface area contributed by atoms with Crippen LogP contribution in [0.5, 0.6) is 0 Å². The van der Waals surface area contributed by atoms with Crippen molar-refractivity contribution in [2.45, 2.75) is 49.9 Å². The molecule has 1 saturated carbocycles. The Morgan fingerprint density at radius 2 is 2.03 bits per heavy atom. The average Bonchev–Trinajstić information content (AvgIpc) is 2.98. The summed E-state index contributed by atoms with van der Waals surface area (Å²) >= 11 is 6.38. The second-order valence-corrected chi connectivity index (χ2v) is 8.11. The largest absolute Gasteiger partial charge is 0.463 e. The molecule has 0 unspecified atom stereocenters. The maximum Gasteiger partial charge on any atom is 0.416 e. The molecular formula is C22H28ClF3O5. The van der Waals surface area contributed by atoms with Gasteiger partial charge in [-0.05, 0) is 42.9 Å². The number of aliphatic hydroxyl groups excluding tert-OH is 2. The Labute approximate surface area is 184 Å². The van der Waals surface area contributed by atoms with Crippen molar-refractivity contribution < 1.29 is 37.7 Å². The van der Waals surface area contributed by atoms with Crippen LogP contribution >= 0.6 is 11.6 Å². The number of rotatable bonds is 11. The number of hydrogen-bond acceptors (Lipinski definition) is 5. The zero-order chi connectivity index (χ0) is 22.9. The maximum atomic E-state index is 12.8. The summed E-state index contributed by atoms with van der Waals surface area (Å²) in [6, 6.07) is 4.97. The molecule has 174 valence electrons. The van der Waals surface area contributed by atoms with Crippen molar-refractivity contribution in [3.63, 3.8) is 0 Å². The van der Waals surface area contributed by atoms with E-state index in [4.69, 9.17) is 26.2 Å². The fourth-order valence-corrected chi connectivity index (χ4v) is 4.12.